The second kappa shape index (κ2) is 5.04. The number of hydrogen-bond donors (Lipinski definition) is 2. The third-order valence-electron chi connectivity index (χ3n) is 4.03. The van der Waals surface area contributed by atoms with Crippen LogP contribution in [0.15, 0.2) is 36.5 Å². The summed E-state index contributed by atoms with van der Waals surface area (Å²) < 4.78 is 0. The number of nitrogens with one attached hydrogen (secondary N) is 1. The normalized spacial score (nSPS) is 17.6. The fraction of sp³-hybridized carbons (Fsp3) is 0.400. The van der Waals surface area contributed by atoms with Gasteiger partial charge in [0, 0.05) is 11.6 Å². The van der Waals surface area contributed by atoms with Crippen LogP contribution in [0.1, 0.15) is 37.4 Å². The van der Waals surface area contributed by atoms with Crippen molar-refractivity contribution in [2.24, 2.45) is 11.8 Å². The summed E-state index contributed by atoms with van der Waals surface area (Å²) in [5.74, 6) is 6.54. The van der Waals surface area contributed by atoms with E-state index in [1.54, 1.807) is 0 Å². The predicted molar refractivity (Wildman–Crippen MR) is 73.8 cm³/mol. The monoisotopic (exact) mass is 241 g/mol. The van der Waals surface area contributed by atoms with Gasteiger partial charge in [0.25, 0.3) is 0 Å². The fourth-order valence-corrected chi connectivity index (χ4v) is 2.74. The number of nitrogens with zero attached hydrogens (tertiary/aromatic N) is 1. The van der Waals surface area contributed by atoms with Crippen molar-refractivity contribution in [2.75, 3.05) is 0 Å². The highest BCUT2D eigenvalue weighted by molar-refractivity contribution is 5.84. The number of nitrogens with two attached hydrogens (primary N) is 1. The van der Waals surface area contributed by atoms with E-state index in [1.165, 1.54) is 30.0 Å². The molecule has 0 amide bonds. The van der Waals surface area contributed by atoms with Gasteiger partial charge in [0.1, 0.15) is 0 Å². The lowest BCUT2D eigenvalue weighted by Crippen LogP contribution is -2.31. The molecule has 1 atom stereocenters. The maximum atomic E-state index is 5.73. The van der Waals surface area contributed by atoms with Crippen molar-refractivity contribution in [3.05, 3.63) is 42.2 Å². The largest absolute Gasteiger partial charge is 0.271 e. The lowest BCUT2D eigenvalue weighted by molar-refractivity contribution is 0.260. The van der Waals surface area contributed by atoms with Gasteiger partial charge in [0.05, 0.1) is 11.7 Å². The Labute approximate surface area is 107 Å². The summed E-state index contributed by atoms with van der Waals surface area (Å²) in [5, 5.41) is 2.44. The summed E-state index contributed by atoms with van der Waals surface area (Å²) in [4.78, 5) is 4.55. The molecule has 1 heterocycles. The molecule has 0 spiro atoms. The summed E-state index contributed by atoms with van der Waals surface area (Å²) in [6.07, 6.45) is 7.01. The van der Waals surface area contributed by atoms with Gasteiger partial charge in [-0.1, -0.05) is 43.5 Å². The van der Waals surface area contributed by atoms with Crippen molar-refractivity contribution in [1.82, 2.24) is 10.4 Å². The van der Waals surface area contributed by atoms with Crippen molar-refractivity contribution in [1.29, 1.82) is 0 Å². The fourth-order valence-electron chi connectivity index (χ4n) is 2.74. The summed E-state index contributed by atoms with van der Waals surface area (Å²) in [7, 11) is 0. The molecule has 0 radical (unpaired) electrons. The van der Waals surface area contributed by atoms with Crippen LogP contribution in [0, 0.1) is 5.92 Å². The van der Waals surface area contributed by atoms with Gasteiger partial charge in [-0.05, 0) is 23.8 Å². The van der Waals surface area contributed by atoms with Crippen molar-refractivity contribution in [3.8, 4) is 0 Å². The Kier molecular flexibility index (Phi) is 3.26. The van der Waals surface area contributed by atoms with Crippen molar-refractivity contribution in [3.63, 3.8) is 0 Å². The lowest BCUT2D eigenvalue weighted by atomic mass is 9.80. The van der Waals surface area contributed by atoms with E-state index in [1.807, 2.05) is 6.20 Å². The zero-order chi connectivity index (χ0) is 12.4. The average Bonchev–Trinajstić information content (AvgIpc) is 2.38. The summed E-state index contributed by atoms with van der Waals surface area (Å²) in [5.41, 5.74) is 4.03. The minimum atomic E-state index is 0.168. The molecule has 3 N–H and O–H groups in total. The Morgan fingerprint density at radius 3 is 2.83 bits per heavy atom. The minimum Gasteiger partial charge on any atom is -0.271 e. The molecular formula is C15H19N3. The molecule has 3 rings (SSSR count). The van der Waals surface area contributed by atoms with E-state index in [9.17, 15) is 0 Å². The first-order chi connectivity index (χ1) is 8.88. The van der Waals surface area contributed by atoms with Crippen LogP contribution in [0.3, 0.4) is 0 Å². The van der Waals surface area contributed by atoms with E-state index in [2.05, 4.69) is 40.7 Å². The Bertz CT molecular complexity index is 529. The van der Waals surface area contributed by atoms with Gasteiger partial charge >= 0.3 is 0 Å². The van der Waals surface area contributed by atoms with E-state index in [-0.39, 0.29) is 6.04 Å². The predicted octanol–water partition coefficient (Wildman–Crippen LogP) is 2.93. The van der Waals surface area contributed by atoms with Crippen LogP contribution in [-0.4, -0.2) is 4.98 Å². The van der Waals surface area contributed by atoms with Crippen molar-refractivity contribution < 1.29 is 0 Å². The highest BCUT2D eigenvalue weighted by Gasteiger charge is 2.24. The molecule has 1 aliphatic rings. The quantitative estimate of drug-likeness (QED) is 0.639. The van der Waals surface area contributed by atoms with Gasteiger partial charge in [-0.2, -0.15) is 0 Å². The van der Waals surface area contributed by atoms with Gasteiger partial charge in [-0.3, -0.25) is 16.3 Å². The van der Waals surface area contributed by atoms with Crippen LogP contribution in [0.25, 0.3) is 10.8 Å². The number of aromatic nitrogens is 1. The van der Waals surface area contributed by atoms with Gasteiger partial charge in [-0.25, -0.2) is 0 Å². The number of benzene rings is 1. The average molecular weight is 241 g/mol. The molecule has 1 fully saturated rings. The number of fused-ring (bicyclic) bond motifs is 1. The Morgan fingerprint density at radius 1 is 1.28 bits per heavy atom. The SMILES string of the molecule is NNC(CC1CCC1)c1nccc2ccccc12. The summed E-state index contributed by atoms with van der Waals surface area (Å²) >= 11 is 0. The van der Waals surface area contributed by atoms with Crippen LogP contribution in [0.4, 0.5) is 0 Å². The highest BCUT2D eigenvalue weighted by atomic mass is 15.2. The number of pyridine rings is 1. The maximum absolute atomic E-state index is 5.73. The Morgan fingerprint density at radius 2 is 2.11 bits per heavy atom. The zero-order valence-electron chi connectivity index (χ0n) is 10.5. The Hall–Kier alpha value is -1.45. The molecule has 18 heavy (non-hydrogen) atoms. The molecule has 0 aliphatic heterocycles. The van der Waals surface area contributed by atoms with Gasteiger partial charge in [-0.15, -0.1) is 0 Å². The summed E-state index contributed by atoms with van der Waals surface area (Å²) in [6, 6.07) is 10.6. The molecule has 1 aromatic heterocycles. The molecule has 3 heteroatoms. The van der Waals surface area contributed by atoms with Gasteiger partial charge < -0.3 is 0 Å². The second-order valence-electron chi connectivity index (χ2n) is 5.17. The Balaban J connectivity index is 1.95. The van der Waals surface area contributed by atoms with Crippen molar-refractivity contribution in [2.45, 2.75) is 31.7 Å². The lowest BCUT2D eigenvalue weighted by Gasteiger charge is -2.29. The molecule has 1 aliphatic carbocycles. The van der Waals surface area contributed by atoms with Crippen LogP contribution in [0.5, 0.6) is 0 Å². The van der Waals surface area contributed by atoms with Crippen LogP contribution in [0.2, 0.25) is 0 Å². The van der Waals surface area contributed by atoms with E-state index < -0.39 is 0 Å². The molecule has 94 valence electrons. The molecule has 2 aromatic rings. The molecule has 0 saturated heterocycles. The molecule has 1 unspecified atom stereocenters. The first-order valence-electron chi connectivity index (χ1n) is 6.68. The maximum Gasteiger partial charge on any atom is 0.0664 e. The zero-order valence-corrected chi connectivity index (χ0v) is 10.5. The molecule has 1 saturated carbocycles. The summed E-state index contributed by atoms with van der Waals surface area (Å²) in [6.45, 7) is 0. The first-order valence-corrected chi connectivity index (χ1v) is 6.68. The van der Waals surface area contributed by atoms with E-state index in [4.69, 9.17) is 5.84 Å². The minimum absolute atomic E-state index is 0.168. The third-order valence-corrected chi connectivity index (χ3v) is 4.03. The topological polar surface area (TPSA) is 50.9 Å². The van der Waals surface area contributed by atoms with Gasteiger partial charge in [0.2, 0.25) is 0 Å². The van der Waals surface area contributed by atoms with E-state index in [0.717, 1.165) is 18.0 Å². The van der Waals surface area contributed by atoms with E-state index >= 15 is 0 Å². The van der Waals surface area contributed by atoms with Crippen LogP contribution < -0.4 is 11.3 Å². The van der Waals surface area contributed by atoms with Crippen LogP contribution >= 0.6 is 0 Å². The number of rotatable bonds is 4. The molecule has 1 aromatic carbocycles. The van der Waals surface area contributed by atoms with Crippen LogP contribution in [-0.2, 0) is 0 Å². The van der Waals surface area contributed by atoms with E-state index in [0.29, 0.717) is 0 Å². The first kappa shape index (κ1) is 11.6. The van der Waals surface area contributed by atoms with Gasteiger partial charge in [0.15, 0.2) is 0 Å². The molecule has 3 nitrogen and oxygen atoms in total. The number of hydrogen-bond acceptors (Lipinski definition) is 3. The second-order valence-corrected chi connectivity index (χ2v) is 5.17. The number of hydrazine groups is 1. The smallest absolute Gasteiger partial charge is 0.0664 e. The van der Waals surface area contributed by atoms with Crippen molar-refractivity contribution >= 4 is 10.8 Å². The standard InChI is InChI=1S/C15H19N3/c16-18-14(10-11-4-3-5-11)15-13-7-2-1-6-12(13)8-9-17-15/h1-2,6-9,11,14,18H,3-5,10,16H2. The third kappa shape index (κ3) is 2.11. The molecular weight excluding hydrogens is 222 g/mol. The highest BCUT2D eigenvalue weighted by Crippen LogP contribution is 2.35. The molecule has 0 bridgehead atoms.